The topological polar surface area (TPSA) is 86.1 Å². The van der Waals surface area contributed by atoms with E-state index in [1.54, 1.807) is 32.2 Å². The van der Waals surface area contributed by atoms with Crippen LogP contribution in [0.25, 0.3) is 27.8 Å². The standard InChI is InChI=1S/C27H22N4O3S2/c1-17(24(32)30-26-28-23(16-35-26)18-9-4-3-5-10-18)36-27-29-22-14-7-6-13-21(22)25(33)31(27)19-11-8-12-20(15-19)34-2/h3-17H,1-2H3,(H,28,30,32). The molecule has 5 rings (SSSR count). The first-order valence-electron chi connectivity index (χ1n) is 11.2. The van der Waals surface area contributed by atoms with E-state index in [2.05, 4.69) is 10.3 Å². The van der Waals surface area contributed by atoms with Crippen molar-refractivity contribution in [2.75, 3.05) is 12.4 Å². The number of hydrogen-bond donors (Lipinski definition) is 1. The zero-order valence-corrected chi connectivity index (χ0v) is 21.2. The van der Waals surface area contributed by atoms with Crippen molar-refractivity contribution in [3.05, 3.63) is 94.6 Å². The van der Waals surface area contributed by atoms with Crippen LogP contribution in [-0.4, -0.2) is 32.8 Å². The van der Waals surface area contributed by atoms with E-state index >= 15 is 0 Å². The lowest BCUT2D eigenvalue weighted by atomic mass is 10.2. The normalized spacial score (nSPS) is 11.8. The molecule has 1 atom stereocenters. The monoisotopic (exact) mass is 514 g/mol. The minimum absolute atomic E-state index is 0.212. The Labute approximate surface area is 215 Å². The first kappa shape index (κ1) is 23.8. The first-order valence-corrected chi connectivity index (χ1v) is 12.9. The number of benzene rings is 3. The van der Waals surface area contributed by atoms with Gasteiger partial charge in [0.25, 0.3) is 5.56 Å². The predicted molar refractivity (Wildman–Crippen MR) is 145 cm³/mol. The molecule has 0 spiro atoms. The molecule has 5 aromatic rings. The Bertz CT molecular complexity index is 1600. The van der Waals surface area contributed by atoms with Crippen molar-refractivity contribution in [2.45, 2.75) is 17.3 Å². The van der Waals surface area contributed by atoms with E-state index < -0.39 is 5.25 Å². The lowest BCUT2D eigenvalue weighted by molar-refractivity contribution is -0.115. The second-order valence-electron chi connectivity index (χ2n) is 7.91. The second kappa shape index (κ2) is 10.3. The van der Waals surface area contributed by atoms with Crippen LogP contribution >= 0.6 is 23.1 Å². The Hall–Kier alpha value is -3.95. The maximum atomic E-state index is 13.5. The van der Waals surface area contributed by atoms with Gasteiger partial charge in [-0.3, -0.25) is 14.2 Å². The van der Waals surface area contributed by atoms with E-state index in [9.17, 15) is 9.59 Å². The van der Waals surface area contributed by atoms with Crippen LogP contribution in [0.15, 0.2) is 94.2 Å². The number of methoxy groups -OCH3 is 1. The number of thioether (sulfide) groups is 1. The summed E-state index contributed by atoms with van der Waals surface area (Å²) in [6.45, 7) is 1.78. The molecule has 36 heavy (non-hydrogen) atoms. The van der Waals surface area contributed by atoms with E-state index in [1.807, 2.05) is 66.0 Å². The molecule has 0 radical (unpaired) electrons. The first-order chi connectivity index (χ1) is 17.5. The lowest BCUT2D eigenvalue weighted by Crippen LogP contribution is -2.26. The van der Waals surface area contributed by atoms with E-state index in [0.29, 0.717) is 32.6 Å². The third kappa shape index (κ3) is 4.89. The molecule has 9 heteroatoms. The predicted octanol–water partition coefficient (Wildman–Crippen LogP) is 5.64. The summed E-state index contributed by atoms with van der Waals surface area (Å²) in [5, 5.41) is 5.69. The lowest BCUT2D eigenvalue weighted by Gasteiger charge is -2.16. The van der Waals surface area contributed by atoms with Crippen LogP contribution in [0, 0.1) is 0 Å². The summed E-state index contributed by atoms with van der Waals surface area (Å²) in [5.41, 5.74) is 2.76. The van der Waals surface area contributed by atoms with Crippen LogP contribution in [0.3, 0.4) is 0 Å². The van der Waals surface area contributed by atoms with Crippen molar-refractivity contribution in [1.82, 2.24) is 14.5 Å². The molecule has 0 aliphatic rings. The third-order valence-electron chi connectivity index (χ3n) is 5.51. The van der Waals surface area contributed by atoms with Crippen molar-refractivity contribution in [2.24, 2.45) is 0 Å². The number of amides is 1. The molecule has 0 saturated heterocycles. The van der Waals surface area contributed by atoms with Crippen molar-refractivity contribution < 1.29 is 9.53 Å². The third-order valence-corrected chi connectivity index (χ3v) is 7.32. The van der Waals surface area contributed by atoms with Crippen LogP contribution < -0.4 is 15.6 Å². The van der Waals surface area contributed by atoms with Gasteiger partial charge in [0.1, 0.15) is 5.75 Å². The fraction of sp³-hybridized carbons (Fsp3) is 0.111. The molecule has 0 aliphatic carbocycles. The van der Waals surface area contributed by atoms with Gasteiger partial charge in [-0.15, -0.1) is 11.3 Å². The van der Waals surface area contributed by atoms with Crippen molar-refractivity contribution >= 4 is 45.0 Å². The quantitative estimate of drug-likeness (QED) is 0.224. The van der Waals surface area contributed by atoms with Crippen molar-refractivity contribution in [1.29, 1.82) is 0 Å². The Balaban J connectivity index is 1.44. The van der Waals surface area contributed by atoms with Crippen molar-refractivity contribution in [3.8, 4) is 22.7 Å². The number of nitrogens with zero attached hydrogens (tertiary/aromatic N) is 3. The Morgan fingerprint density at radius 3 is 2.61 bits per heavy atom. The maximum Gasteiger partial charge on any atom is 0.266 e. The van der Waals surface area contributed by atoms with Gasteiger partial charge in [-0.2, -0.15) is 0 Å². The highest BCUT2D eigenvalue weighted by molar-refractivity contribution is 8.00. The number of rotatable bonds is 7. The molecule has 1 unspecified atom stereocenters. The van der Waals surface area contributed by atoms with Crippen LogP contribution in [0.5, 0.6) is 5.75 Å². The summed E-state index contributed by atoms with van der Waals surface area (Å²) < 4.78 is 6.87. The Morgan fingerprint density at radius 1 is 1.03 bits per heavy atom. The van der Waals surface area contributed by atoms with Gasteiger partial charge in [0.2, 0.25) is 5.91 Å². The molecular formula is C27H22N4O3S2. The van der Waals surface area contributed by atoms with Crippen molar-refractivity contribution in [3.63, 3.8) is 0 Å². The minimum Gasteiger partial charge on any atom is -0.497 e. The molecule has 7 nitrogen and oxygen atoms in total. The van der Waals surface area contributed by atoms with Gasteiger partial charge in [-0.25, -0.2) is 9.97 Å². The van der Waals surface area contributed by atoms with E-state index in [-0.39, 0.29) is 11.5 Å². The Kier molecular flexibility index (Phi) is 6.84. The summed E-state index contributed by atoms with van der Waals surface area (Å²) in [5.74, 6) is 0.390. The summed E-state index contributed by atoms with van der Waals surface area (Å²) in [6.07, 6.45) is 0. The average molecular weight is 515 g/mol. The number of carbonyl (C=O) groups is 1. The molecule has 2 heterocycles. The number of thiazole rings is 1. The molecule has 1 N–H and O–H groups in total. The number of carbonyl (C=O) groups excluding carboxylic acids is 1. The number of fused-ring (bicyclic) bond motifs is 1. The van der Waals surface area contributed by atoms with Gasteiger partial charge in [-0.1, -0.05) is 60.3 Å². The van der Waals surface area contributed by atoms with Gasteiger partial charge in [0, 0.05) is 17.0 Å². The van der Waals surface area contributed by atoms with Gasteiger partial charge >= 0.3 is 0 Å². The number of ether oxygens (including phenoxy) is 1. The fourth-order valence-corrected chi connectivity index (χ4v) is 5.31. The van der Waals surface area contributed by atoms with E-state index in [4.69, 9.17) is 9.72 Å². The Morgan fingerprint density at radius 2 is 1.81 bits per heavy atom. The number of para-hydroxylation sites is 1. The van der Waals surface area contributed by atoms with Gasteiger partial charge in [0.15, 0.2) is 10.3 Å². The molecule has 0 fully saturated rings. The SMILES string of the molecule is COc1cccc(-n2c(SC(C)C(=O)Nc3nc(-c4ccccc4)cs3)nc3ccccc3c2=O)c1. The van der Waals surface area contributed by atoms with Crippen LogP contribution in [0.4, 0.5) is 5.13 Å². The summed E-state index contributed by atoms with van der Waals surface area (Å²) in [6, 6.07) is 24.2. The second-order valence-corrected chi connectivity index (χ2v) is 10.1. The summed E-state index contributed by atoms with van der Waals surface area (Å²) in [7, 11) is 1.57. The van der Waals surface area contributed by atoms with Crippen LogP contribution in [-0.2, 0) is 4.79 Å². The zero-order valence-electron chi connectivity index (χ0n) is 19.5. The highest BCUT2D eigenvalue weighted by Crippen LogP contribution is 2.29. The molecule has 1 amide bonds. The summed E-state index contributed by atoms with van der Waals surface area (Å²) in [4.78, 5) is 35.8. The highest BCUT2D eigenvalue weighted by atomic mass is 32.2. The molecule has 180 valence electrons. The maximum absolute atomic E-state index is 13.5. The molecule has 2 aromatic heterocycles. The zero-order chi connectivity index (χ0) is 25.1. The average Bonchev–Trinajstić information content (AvgIpc) is 3.38. The molecular weight excluding hydrogens is 492 g/mol. The van der Waals surface area contributed by atoms with Gasteiger partial charge < -0.3 is 10.1 Å². The van der Waals surface area contributed by atoms with E-state index in [1.165, 1.54) is 27.7 Å². The molecule has 0 saturated carbocycles. The van der Waals surface area contributed by atoms with Gasteiger partial charge in [-0.05, 0) is 31.2 Å². The molecule has 0 bridgehead atoms. The minimum atomic E-state index is -0.543. The largest absolute Gasteiger partial charge is 0.497 e. The fourth-order valence-electron chi connectivity index (χ4n) is 3.66. The van der Waals surface area contributed by atoms with Crippen LogP contribution in [0.1, 0.15) is 6.92 Å². The number of hydrogen-bond acceptors (Lipinski definition) is 7. The summed E-state index contributed by atoms with van der Waals surface area (Å²) >= 11 is 2.58. The number of aromatic nitrogens is 3. The van der Waals surface area contributed by atoms with Gasteiger partial charge in [0.05, 0.1) is 34.6 Å². The highest BCUT2D eigenvalue weighted by Gasteiger charge is 2.21. The molecule has 3 aromatic carbocycles. The smallest absolute Gasteiger partial charge is 0.266 e. The number of nitrogens with one attached hydrogen (secondary N) is 1. The number of anilines is 1. The molecule has 0 aliphatic heterocycles. The van der Waals surface area contributed by atoms with Crippen LogP contribution in [0.2, 0.25) is 0 Å². The van der Waals surface area contributed by atoms with E-state index in [0.717, 1.165) is 11.3 Å².